The van der Waals surface area contributed by atoms with Gasteiger partial charge in [0.2, 0.25) is 10.0 Å². The number of nitrogens with one attached hydrogen (secondary N) is 2. The van der Waals surface area contributed by atoms with Crippen LogP contribution in [0.2, 0.25) is 0 Å². The molecule has 0 radical (unpaired) electrons. The molecule has 20 heavy (non-hydrogen) atoms. The van der Waals surface area contributed by atoms with Crippen molar-refractivity contribution in [2.24, 2.45) is 0 Å². The maximum absolute atomic E-state index is 11.2. The molecule has 7 nitrogen and oxygen atoms in total. The zero-order valence-corrected chi connectivity index (χ0v) is 12.0. The Kier molecular flexibility index (Phi) is 3.35. The van der Waals surface area contributed by atoms with Gasteiger partial charge >= 0.3 is 0 Å². The molecule has 0 amide bonds. The smallest absolute Gasteiger partial charge is 0.208 e. The molecule has 0 aliphatic carbocycles. The number of sulfonamides is 1. The van der Waals surface area contributed by atoms with Gasteiger partial charge in [0.05, 0.1) is 11.6 Å². The number of nitrogens with zero attached hydrogens (tertiary/aromatic N) is 3. The van der Waals surface area contributed by atoms with Crippen LogP contribution < -0.4 is 9.62 Å². The van der Waals surface area contributed by atoms with E-state index in [0.29, 0.717) is 0 Å². The van der Waals surface area contributed by atoms with Crippen molar-refractivity contribution in [3.8, 4) is 0 Å². The van der Waals surface area contributed by atoms with E-state index in [1.165, 1.54) is 6.26 Å². The van der Waals surface area contributed by atoms with Crippen LogP contribution in [-0.2, 0) is 10.0 Å². The molecule has 1 aliphatic rings. The fourth-order valence-corrected chi connectivity index (χ4v) is 3.46. The lowest BCUT2D eigenvalue weighted by atomic mass is 10.1. The zero-order chi connectivity index (χ0) is 14.2. The highest BCUT2D eigenvalue weighted by Gasteiger charge is 2.23. The van der Waals surface area contributed by atoms with Crippen molar-refractivity contribution in [1.82, 2.24) is 19.7 Å². The van der Waals surface area contributed by atoms with Crippen molar-refractivity contribution in [3.63, 3.8) is 0 Å². The molecule has 108 valence electrons. The highest BCUT2D eigenvalue weighted by Crippen LogP contribution is 2.25. The third-order valence-electron chi connectivity index (χ3n) is 3.51. The molecule has 3 rings (SSSR count). The number of hydrogen-bond donors (Lipinski definition) is 2. The fourth-order valence-electron chi connectivity index (χ4n) is 2.62. The van der Waals surface area contributed by atoms with E-state index in [4.69, 9.17) is 0 Å². The van der Waals surface area contributed by atoms with Crippen LogP contribution in [-0.4, -0.2) is 48.8 Å². The van der Waals surface area contributed by atoms with Crippen LogP contribution in [0.5, 0.6) is 0 Å². The summed E-state index contributed by atoms with van der Waals surface area (Å²) in [4.78, 5) is 13.8. The van der Waals surface area contributed by atoms with Gasteiger partial charge in [-0.25, -0.2) is 23.1 Å². The summed E-state index contributed by atoms with van der Waals surface area (Å²) in [5.41, 5.74) is 0.825. The molecule has 2 aromatic rings. The normalized spacial score (nSPS) is 17.8. The van der Waals surface area contributed by atoms with Crippen LogP contribution in [0.3, 0.4) is 0 Å². The van der Waals surface area contributed by atoms with Gasteiger partial charge in [0.25, 0.3) is 0 Å². The molecule has 2 N–H and O–H groups in total. The molecule has 1 saturated heterocycles. The number of hydrogen-bond acceptors (Lipinski definition) is 5. The number of aromatic amines is 1. The summed E-state index contributed by atoms with van der Waals surface area (Å²) in [5.74, 6) is 0.911. The molecule has 2 aromatic heterocycles. The minimum absolute atomic E-state index is 0.0183. The summed E-state index contributed by atoms with van der Waals surface area (Å²) in [6.45, 7) is 1.56. The fraction of sp³-hybridized carbons (Fsp3) is 0.500. The summed E-state index contributed by atoms with van der Waals surface area (Å²) >= 11 is 0. The summed E-state index contributed by atoms with van der Waals surface area (Å²) in [5, 5.41) is 1.00. The maximum Gasteiger partial charge on any atom is 0.208 e. The van der Waals surface area contributed by atoms with Crippen molar-refractivity contribution in [2.75, 3.05) is 24.2 Å². The molecule has 1 fully saturated rings. The first-order chi connectivity index (χ1) is 9.53. The second-order valence-electron chi connectivity index (χ2n) is 5.09. The first-order valence-corrected chi connectivity index (χ1v) is 8.42. The van der Waals surface area contributed by atoms with Gasteiger partial charge in [-0.05, 0) is 18.9 Å². The Labute approximate surface area is 117 Å². The van der Waals surface area contributed by atoms with Crippen LogP contribution in [0.25, 0.3) is 11.0 Å². The minimum atomic E-state index is -3.13. The molecular weight excluding hydrogens is 278 g/mol. The minimum Gasteiger partial charge on any atom is -0.356 e. The predicted molar refractivity (Wildman–Crippen MR) is 77.1 cm³/mol. The van der Waals surface area contributed by atoms with Crippen molar-refractivity contribution in [3.05, 3.63) is 18.6 Å². The Bertz CT molecular complexity index is 703. The van der Waals surface area contributed by atoms with Crippen LogP contribution >= 0.6 is 0 Å². The number of anilines is 1. The quantitative estimate of drug-likeness (QED) is 0.859. The zero-order valence-electron chi connectivity index (χ0n) is 11.2. The summed E-state index contributed by atoms with van der Waals surface area (Å²) in [6.07, 6.45) is 6.16. The van der Waals surface area contributed by atoms with Gasteiger partial charge in [-0.3, -0.25) is 0 Å². The summed E-state index contributed by atoms with van der Waals surface area (Å²) in [7, 11) is -3.13. The molecule has 0 aromatic carbocycles. The maximum atomic E-state index is 11.2. The lowest BCUT2D eigenvalue weighted by Gasteiger charge is -2.32. The molecule has 0 atom stereocenters. The SMILES string of the molecule is CS(=O)(=O)NC1CCN(c2ncnc3[nH]ccc23)CC1. The lowest BCUT2D eigenvalue weighted by Crippen LogP contribution is -2.44. The van der Waals surface area contributed by atoms with Gasteiger partial charge in [-0.2, -0.15) is 0 Å². The predicted octanol–water partition coefficient (Wildman–Crippen LogP) is 0.476. The third kappa shape index (κ3) is 2.75. The van der Waals surface area contributed by atoms with Crippen molar-refractivity contribution in [2.45, 2.75) is 18.9 Å². The van der Waals surface area contributed by atoms with E-state index >= 15 is 0 Å². The van der Waals surface area contributed by atoms with E-state index < -0.39 is 10.0 Å². The molecule has 0 spiro atoms. The third-order valence-corrected chi connectivity index (χ3v) is 4.27. The highest BCUT2D eigenvalue weighted by molar-refractivity contribution is 7.88. The van der Waals surface area contributed by atoms with Crippen LogP contribution in [0.4, 0.5) is 5.82 Å². The Balaban J connectivity index is 1.74. The van der Waals surface area contributed by atoms with Crippen LogP contribution in [0.1, 0.15) is 12.8 Å². The Hall–Kier alpha value is -1.67. The van der Waals surface area contributed by atoms with E-state index in [0.717, 1.165) is 42.8 Å². The number of aromatic nitrogens is 3. The van der Waals surface area contributed by atoms with Gasteiger partial charge in [-0.1, -0.05) is 0 Å². The molecule has 1 aliphatic heterocycles. The number of piperidine rings is 1. The van der Waals surface area contributed by atoms with Gasteiger partial charge in [0, 0.05) is 25.3 Å². The van der Waals surface area contributed by atoms with Crippen LogP contribution in [0.15, 0.2) is 18.6 Å². The largest absolute Gasteiger partial charge is 0.356 e. The number of rotatable bonds is 3. The summed E-state index contributed by atoms with van der Waals surface area (Å²) in [6, 6.07) is 1.98. The molecule has 0 bridgehead atoms. The van der Waals surface area contributed by atoms with E-state index in [2.05, 4.69) is 24.6 Å². The monoisotopic (exact) mass is 295 g/mol. The van der Waals surface area contributed by atoms with Gasteiger partial charge in [0.1, 0.15) is 17.8 Å². The number of H-pyrrole nitrogens is 1. The Morgan fingerprint density at radius 3 is 2.80 bits per heavy atom. The van der Waals surface area contributed by atoms with Crippen LogP contribution in [0, 0.1) is 0 Å². The molecule has 8 heteroatoms. The van der Waals surface area contributed by atoms with E-state index in [1.807, 2.05) is 12.3 Å². The van der Waals surface area contributed by atoms with Gasteiger partial charge in [-0.15, -0.1) is 0 Å². The average molecular weight is 295 g/mol. The van der Waals surface area contributed by atoms with E-state index in [9.17, 15) is 8.42 Å². The second-order valence-corrected chi connectivity index (χ2v) is 6.87. The molecule has 0 unspecified atom stereocenters. The molecule has 3 heterocycles. The molecule has 0 saturated carbocycles. The van der Waals surface area contributed by atoms with Crippen molar-refractivity contribution < 1.29 is 8.42 Å². The average Bonchev–Trinajstić information content (AvgIpc) is 2.86. The van der Waals surface area contributed by atoms with Crippen molar-refractivity contribution >= 4 is 26.9 Å². The number of fused-ring (bicyclic) bond motifs is 1. The topological polar surface area (TPSA) is 91.0 Å². The first kappa shape index (κ1) is 13.3. The van der Waals surface area contributed by atoms with Gasteiger partial charge < -0.3 is 9.88 Å². The van der Waals surface area contributed by atoms with E-state index in [-0.39, 0.29) is 6.04 Å². The van der Waals surface area contributed by atoms with E-state index in [1.54, 1.807) is 6.33 Å². The second kappa shape index (κ2) is 5.02. The Morgan fingerprint density at radius 1 is 1.35 bits per heavy atom. The van der Waals surface area contributed by atoms with Crippen molar-refractivity contribution in [1.29, 1.82) is 0 Å². The van der Waals surface area contributed by atoms with Gasteiger partial charge in [0.15, 0.2) is 0 Å². The highest BCUT2D eigenvalue weighted by atomic mass is 32.2. The summed E-state index contributed by atoms with van der Waals surface area (Å²) < 4.78 is 25.2. The lowest BCUT2D eigenvalue weighted by molar-refractivity contribution is 0.460. The first-order valence-electron chi connectivity index (χ1n) is 6.53. The standard InChI is InChI=1S/C12H17N5O2S/c1-20(18,19)16-9-3-6-17(7-4-9)12-10-2-5-13-11(10)14-8-15-12/h2,5,8-9,16H,3-4,6-7H2,1H3,(H,13,14,15). The molecular formula is C12H17N5O2S. The Morgan fingerprint density at radius 2 is 2.10 bits per heavy atom.